The van der Waals surface area contributed by atoms with Gasteiger partial charge in [0, 0.05) is 22.5 Å². The molecule has 0 fully saturated rings. The average molecular weight is 421 g/mol. The van der Waals surface area contributed by atoms with Gasteiger partial charge in [0.2, 0.25) is 0 Å². The molecule has 2 aromatic carbocycles. The molecule has 0 aromatic heterocycles. The number of nitro benzene ring substituents is 1. The van der Waals surface area contributed by atoms with Crippen LogP contribution in [0.1, 0.15) is 36.1 Å². The Morgan fingerprint density at radius 3 is 2.42 bits per heavy atom. The molecule has 0 unspecified atom stereocenters. The predicted octanol–water partition coefficient (Wildman–Crippen LogP) is 3.63. The number of carbonyl (C=O) groups excluding carboxylic acids is 1. The van der Waals surface area contributed by atoms with Crippen molar-refractivity contribution in [2.24, 2.45) is 0 Å². The number of nitrogens with two attached hydrogens (primary N) is 1. The van der Waals surface area contributed by atoms with Crippen molar-refractivity contribution < 1.29 is 15.0 Å². The van der Waals surface area contributed by atoms with Crippen molar-refractivity contribution in [3.63, 3.8) is 0 Å². The summed E-state index contributed by atoms with van der Waals surface area (Å²) in [4.78, 5) is 23.1. The highest BCUT2D eigenvalue weighted by Crippen LogP contribution is 2.27. The van der Waals surface area contributed by atoms with E-state index in [2.05, 4.69) is 28.2 Å². The second-order valence-electron chi connectivity index (χ2n) is 6.27. The minimum absolute atomic E-state index is 0.0820. The number of nitrogens with zero attached hydrogens (tertiary/aromatic N) is 1. The number of benzene rings is 2. The van der Waals surface area contributed by atoms with E-state index in [0.29, 0.717) is 0 Å². The molecule has 6 nitrogen and oxygen atoms in total. The molecule has 26 heavy (non-hydrogen) atoms. The number of anilines is 1. The van der Waals surface area contributed by atoms with Crippen LogP contribution in [0.15, 0.2) is 40.9 Å². The first kappa shape index (κ1) is 20.1. The van der Waals surface area contributed by atoms with Gasteiger partial charge in [-0.1, -0.05) is 35.0 Å². The quantitative estimate of drug-likeness (QED) is 0.529. The summed E-state index contributed by atoms with van der Waals surface area (Å²) < 4.78 is 1.01. The number of hydrogen-bond acceptors (Lipinski definition) is 3. The number of aryl methyl sites for hydroxylation is 2. The highest BCUT2D eigenvalue weighted by Gasteiger charge is 2.19. The number of hydrogen-bond donors (Lipinski definition) is 2. The molecule has 0 heterocycles. The molecule has 2 rings (SSSR count). The van der Waals surface area contributed by atoms with Crippen LogP contribution in [0.5, 0.6) is 0 Å². The van der Waals surface area contributed by atoms with Gasteiger partial charge in [-0.05, 0) is 43.2 Å². The van der Waals surface area contributed by atoms with Gasteiger partial charge in [0.1, 0.15) is 11.7 Å². The molecule has 0 aliphatic carbocycles. The first-order valence-electron chi connectivity index (χ1n) is 8.46. The number of carbonyl (C=O) groups is 1. The topological polar surface area (TPSA) is 88.8 Å². The fraction of sp³-hybridized carbons (Fsp3) is 0.316. The van der Waals surface area contributed by atoms with E-state index in [1.165, 1.54) is 6.07 Å². The summed E-state index contributed by atoms with van der Waals surface area (Å²) in [6, 6.07) is 11.3. The standard InChI is InChI=1S/C19H22BrN3O3/c1-4-16(14-5-7-15(20)8-6-14)21-11-19(24)22-17-9-12(2)13(3)10-18(17)23(25)26/h5-10,16,21H,4,11H2,1-3H3,(H,22,24)/p+1/t16-/m1/s1. The van der Waals surface area contributed by atoms with Gasteiger partial charge in [-0.2, -0.15) is 0 Å². The Morgan fingerprint density at radius 1 is 1.23 bits per heavy atom. The molecule has 0 aliphatic heterocycles. The third kappa shape index (κ3) is 5.12. The Kier molecular flexibility index (Phi) is 6.88. The highest BCUT2D eigenvalue weighted by atomic mass is 79.9. The molecule has 2 aromatic rings. The van der Waals surface area contributed by atoms with Crippen LogP contribution in [-0.4, -0.2) is 17.4 Å². The van der Waals surface area contributed by atoms with Crippen molar-refractivity contribution in [3.8, 4) is 0 Å². The molecule has 138 valence electrons. The maximum absolute atomic E-state index is 12.3. The summed E-state index contributed by atoms with van der Waals surface area (Å²) in [6.45, 7) is 5.93. The normalized spacial score (nSPS) is 11.8. The predicted molar refractivity (Wildman–Crippen MR) is 105 cm³/mol. The summed E-state index contributed by atoms with van der Waals surface area (Å²) in [6.07, 6.45) is 0.874. The third-order valence-electron chi connectivity index (χ3n) is 4.41. The van der Waals surface area contributed by atoms with Crippen molar-refractivity contribution >= 4 is 33.2 Å². The van der Waals surface area contributed by atoms with Gasteiger partial charge in [0.25, 0.3) is 11.6 Å². The SMILES string of the molecule is CC[C@@H]([NH2+]CC(=O)Nc1cc(C)c(C)cc1[N+](=O)[O-])c1ccc(Br)cc1. The summed E-state index contributed by atoms with van der Waals surface area (Å²) in [5.74, 6) is -0.257. The first-order chi connectivity index (χ1) is 12.3. The minimum atomic E-state index is -0.470. The van der Waals surface area contributed by atoms with Crippen LogP contribution in [0.4, 0.5) is 11.4 Å². The Balaban J connectivity index is 2.05. The maximum Gasteiger partial charge on any atom is 0.293 e. The van der Waals surface area contributed by atoms with Crippen molar-refractivity contribution in [2.45, 2.75) is 33.2 Å². The monoisotopic (exact) mass is 420 g/mol. The number of nitrogens with one attached hydrogen (secondary N) is 1. The van der Waals surface area contributed by atoms with E-state index >= 15 is 0 Å². The Labute approximate surface area is 161 Å². The molecular weight excluding hydrogens is 398 g/mol. The van der Waals surface area contributed by atoms with Gasteiger partial charge in [0.05, 0.1) is 4.92 Å². The molecule has 0 saturated heterocycles. The maximum atomic E-state index is 12.3. The van der Waals surface area contributed by atoms with Crippen molar-refractivity contribution in [3.05, 3.63) is 67.7 Å². The van der Waals surface area contributed by atoms with E-state index in [4.69, 9.17) is 0 Å². The zero-order valence-electron chi connectivity index (χ0n) is 15.1. The molecule has 0 bridgehead atoms. The van der Waals surface area contributed by atoms with Crippen LogP contribution in [-0.2, 0) is 4.79 Å². The molecule has 7 heteroatoms. The van der Waals surface area contributed by atoms with Crippen molar-refractivity contribution in [1.82, 2.24) is 0 Å². The van der Waals surface area contributed by atoms with Crippen LogP contribution in [0.3, 0.4) is 0 Å². The largest absolute Gasteiger partial charge is 0.332 e. The van der Waals surface area contributed by atoms with Gasteiger partial charge in [-0.25, -0.2) is 0 Å². The molecule has 0 spiro atoms. The Hall–Kier alpha value is -2.25. The van der Waals surface area contributed by atoms with Crippen LogP contribution in [0.2, 0.25) is 0 Å². The van der Waals surface area contributed by atoms with Gasteiger partial charge in [-0.3, -0.25) is 14.9 Å². The van der Waals surface area contributed by atoms with E-state index in [-0.39, 0.29) is 29.9 Å². The fourth-order valence-electron chi connectivity index (χ4n) is 2.75. The van der Waals surface area contributed by atoms with Gasteiger partial charge in [-0.15, -0.1) is 0 Å². The lowest BCUT2D eigenvalue weighted by atomic mass is 10.0. The molecule has 0 aliphatic rings. The first-order valence-corrected chi connectivity index (χ1v) is 9.25. The molecule has 1 amide bonds. The van der Waals surface area contributed by atoms with E-state index in [0.717, 1.165) is 27.6 Å². The van der Waals surface area contributed by atoms with Crippen molar-refractivity contribution in [1.29, 1.82) is 0 Å². The third-order valence-corrected chi connectivity index (χ3v) is 4.94. The number of amides is 1. The lowest BCUT2D eigenvalue weighted by Crippen LogP contribution is -2.87. The number of rotatable bonds is 7. The second kappa shape index (κ2) is 8.91. The second-order valence-corrected chi connectivity index (χ2v) is 7.18. The molecule has 3 N–H and O–H groups in total. The summed E-state index contributed by atoms with van der Waals surface area (Å²) in [5, 5.41) is 15.9. The molecule has 0 saturated carbocycles. The number of halogens is 1. The Bertz CT molecular complexity index is 806. The van der Waals surface area contributed by atoms with E-state index in [9.17, 15) is 14.9 Å². The van der Waals surface area contributed by atoms with Gasteiger partial charge < -0.3 is 10.6 Å². The van der Waals surface area contributed by atoms with E-state index < -0.39 is 4.92 Å². The van der Waals surface area contributed by atoms with Crippen molar-refractivity contribution in [2.75, 3.05) is 11.9 Å². The fourth-order valence-corrected chi connectivity index (χ4v) is 3.02. The lowest BCUT2D eigenvalue weighted by molar-refractivity contribution is -0.686. The zero-order valence-corrected chi connectivity index (χ0v) is 16.7. The van der Waals surface area contributed by atoms with Crippen LogP contribution in [0, 0.1) is 24.0 Å². The average Bonchev–Trinajstić information content (AvgIpc) is 2.59. The zero-order chi connectivity index (χ0) is 19.3. The summed E-state index contributed by atoms with van der Waals surface area (Å²) in [5.41, 5.74) is 3.02. The summed E-state index contributed by atoms with van der Waals surface area (Å²) >= 11 is 3.42. The smallest absolute Gasteiger partial charge is 0.293 e. The molecule has 0 radical (unpaired) electrons. The number of nitro groups is 1. The van der Waals surface area contributed by atoms with E-state index in [1.54, 1.807) is 6.07 Å². The highest BCUT2D eigenvalue weighted by molar-refractivity contribution is 9.10. The van der Waals surface area contributed by atoms with Crippen LogP contribution in [0.25, 0.3) is 0 Å². The Morgan fingerprint density at radius 2 is 1.85 bits per heavy atom. The molecular formula is C19H23BrN3O3+. The van der Waals surface area contributed by atoms with Gasteiger partial charge in [0.15, 0.2) is 6.54 Å². The molecule has 1 atom stereocenters. The van der Waals surface area contributed by atoms with E-state index in [1.807, 2.05) is 43.4 Å². The van der Waals surface area contributed by atoms with Crippen LogP contribution < -0.4 is 10.6 Å². The summed E-state index contributed by atoms with van der Waals surface area (Å²) in [7, 11) is 0. The van der Waals surface area contributed by atoms with Crippen LogP contribution >= 0.6 is 15.9 Å². The van der Waals surface area contributed by atoms with Gasteiger partial charge >= 0.3 is 0 Å². The lowest BCUT2D eigenvalue weighted by Gasteiger charge is -2.14. The minimum Gasteiger partial charge on any atom is -0.332 e. The number of quaternary nitrogens is 1.